The topological polar surface area (TPSA) is 153 Å². The number of hydrogen-bond acceptors (Lipinski definition) is 7. The number of amides is 3. The minimum Gasteiger partial charge on any atom is -0.370 e. The highest BCUT2D eigenvalue weighted by Gasteiger charge is 2.40. The molecule has 0 spiro atoms. The summed E-state index contributed by atoms with van der Waals surface area (Å²) in [5.41, 5.74) is 7.70. The van der Waals surface area contributed by atoms with Gasteiger partial charge < -0.3 is 25.8 Å². The predicted octanol–water partition coefficient (Wildman–Crippen LogP) is 3.37. The number of carbonyl (C=O) groups is 4. The van der Waals surface area contributed by atoms with E-state index in [1.807, 2.05) is 42.5 Å². The molecule has 248 valence electrons. The molecule has 5 rings (SSSR count). The number of thiazole rings is 1. The Morgan fingerprint density at radius 2 is 1.87 bits per heavy atom. The van der Waals surface area contributed by atoms with Gasteiger partial charge in [-0.25, -0.2) is 4.98 Å². The van der Waals surface area contributed by atoms with Gasteiger partial charge in [0.15, 0.2) is 11.0 Å². The van der Waals surface area contributed by atoms with E-state index in [9.17, 15) is 19.2 Å². The maximum absolute atomic E-state index is 13.9. The average molecular weight is 678 g/mol. The van der Waals surface area contributed by atoms with Gasteiger partial charge in [0.05, 0.1) is 12.6 Å². The van der Waals surface area contributed by atoms with Crippen LogP contribution in [-0.4, -0.2) is 94.0 Å². The Labute approximate surface area is 283 Å². The number of nitrogens with two attached hydrogens (primary N) is 1. The molecule has 2 saturated heterocycles. The molecule has 47 heavy (non-hydrogen) atoms. The fraction of sp³-hybridized carbons (Fsp3) is 0.412. The van der Waals surface area contributed by atoms with E-state index < -0.39 is 18.0 Å². The van der Waals surface area contributed by atoms with Crippen LogP contribution in [0.4, 0.5) is 0 Å². The Kier molecular flexibility index (Phi) is 11.6. The second-order valence-electron chi connectivity index (χ2n) is 12.1. The van der Waals surface area contributed by atoms with E-state index in [1.54, 1.807) is 33.5 Å². The van der Waals surface area contributed by atoms with E-state index in [0.29, 0.717) is 37.5 Å². The summed E-state index contributed by atoms with van der Waals surface area (Å²) in [4.78, 5) is 63.5. The highest BCUT2D eigenvalue weighted by molar-refractivity contribution is 7.11. The van der Waals surface area contributed by atoms with Gasteiger partial charge in [0.1, 0.15) is 12.6 Å². The molecular formula is C34H40ClN7O4S. The standard InChI is InChI=1S/C34H40ClN7O4S/c35-26-12-10-24(11-13-26)19-28-33(46)40(15-4-8-23-6-2-1-3-7-23)22-30(44)42(28)21-29(43)39-27(31(45)32-38-14-17-47-32)18-25-9-5-16-41(20-25)34(36)37/h1-3,6-7,10-14,17,25,27-28H,4-5,8-9,15-16,18-22H2,(H3,36,37)(H,39,43)/t25-,27-,28-/m0/s1. The maximum atomic E-state index is 13.9. The summed E-state index contributed by atoms with van der Waals surface area (Å²) in [5, 5.41) is 13.2. The number of carbonyl (C=O) groups excluding carboxylic acids is 4. The second-order valence-corrected chi connectivity index (χ2v) is 13.4. The van der Waals surface area contributed by atoms with Crippen LogP contribution in [0.5, 0.6) is 0 Å². The summed E-state index contributed by atoms with van der Waals surface area (Å²) >= 11 is 7.29. The van der Waals surface area contributed by atoms with Crippen molar-refractivity contribution in [2.75, 3.05) is 32.7 Å². The molecule has 2 aliphatic heterocycles. The van der Waals surface area contributed by atoms with Gasteiger partial charge in [-0.05, 0) is 61.3 Å². The number of ketones is 1. The van der Waals surface area contributed by atoms with Gasteiger partial charge in [-0.2, -0.15) is 0 Å². The van der Waals surface area contributed by atoms with Crippen LogP contribution in [0.15, 0.2) is 66.2 Å². The van der Waals surface area contributed by atoms with Gasteiger partial charge in [-0.15, -0.1) is 11.3 Å². The lowest BCUT2D eigenvalue weighted by Crippen LogP contribution is -2.62. The molecule has 3 amide bonds. The molecular weight excluding hydrogens is 638 g/mol. The molecule has 0 unspecified atom stereocenters. The third kappa shape index (κ3) is 9.17. The van der Waals surface area contributed by atoms with E-state index in [-0.39, 0.29) is 54.0 Å². The van der Waals surface area contributed by atoms with Crippen molar-refractivity contribution in [3.05, 3.63) is 87.3 Å². The molecule has 3 atom stereocenters. The fourth-order valence-corrected chi connectivity index (χ4v) is 7.08. The number of halogens is 1. The number of guanidine groups is 1. The Hall–Kier alpha value is -4.29. The van der Waals surface area contributed by atoms with Crippen LogP contribution in [0.25, 0.3) is 0 Å². The number of piperazine rings is 1. The predicted molar refractivity (Wildman–Crippen MR) is 181 cm³/mol. The smallest absolute Gasteiger partial charge is 0.246 e. The van der Waals surface area contributed by atoms with Crippen LogP contribution in [0, 0.1) is 11.3 Å². The van der Waals surface area contributed by atoms with E-state index in [0.717, 1.165) is 30.4 Å². The van der Waals surface area contributed by atoms with E-state index in [4.69, 9.17) is 22.7 Å². The fourth-order valence-electron chi connectivity index (χ4n) is 6.33. The molecule has 4 N–H and O–H groups in total. The minimum absolute atomic E-state index is 0.0159. The minimum atomic E-state index is -0.893. The van der Waals surface area contributed by atoms with Crippen molar-refractivity contribution in [2.24, 2.45) is 11.7 Å². The Balaban J connectivity index is 1.30. The Morgan fingerprint density at radius 3 is 2.57 bits per heavy atom. The largest absolute Gasteiger partial charge is 0.370 e. The molecule has 0 aliphatic carbocycles. The lowest BCUT2D eigenvalue weighted by molar-refractivity contribution is -0.157. The van der Waals surface area contributed by atoms with Crippen molar-refractivity contribution < 1.29 is 19.2 Å². The van der Waals surface area contributed by atoms with E-state index in [2.05, 4.69) is 10.3 Å². The quantitative estimate of drug-likeness (QED) is 0.142. The number of nitrogens with one attached hydrogen (secondary N) is 2. The summed E-state index contributed by atoms with van der Waals surface area (Å²) in [6, 6.07) is 15.3. The second kappa shape index (κ2) is 16.0. The van der Waals surface area contributed by atoms with E-state index in [1.165, 1.54) is 16.2 Å². The third-order valence-electron chi connectivity index (χ3n) is 8.74. The first kappa shape index (κ1) is 34.1. The van der Waals surface area contributed by atoms with Crippen molar-refractivity contribution in [3.63, 3.8) is 0 Å². The summed E-state index contributed by atoms with van der Waals surface area (Å²) in [6.07, 6.45) is 5.20. The Morgan fingerprint density at radius 1 is 1.11 bits per heavy atom. The molecule has 3 heterocycles. The zero-order chi connectivity index (χ0) is 33.3. The van der Waals surface area contributed by atoms with Crippen LogP contribution in [0.1, 0.15) is 46.6 Å². The number of aryl methyl sites for hydroxylation is 1. The number of hydrogen-bond donors (Lipinski definition) is 3. The molecule has 2 aliphatic rings. The van der Waals surface area contributed by atoms with Crippen molar-refractivity contribution in [1.29, 1.82) is 5.41 Å². The number of rotatable bonds is 13. The molecule has 1 aromatic heterocycles. The van der Waals surface area contributed by atoms with Crippen LogP contribution in [0.3, 0.4) is 0 Å². The molecule has 3 aromatic rings. The molecule has 0 saturated carbocycles. The van der Waals surface area contributed by atoms with Crippen molar-refractivity contribution in [2.45, 2.75) is 50.6 Å². The van der Waals surface area contributed by atoms with Gasteiger partial charge >= 0.3 is 0 Å². The monoisotopic (exact) mass is 677 g/mol. The maximum Gasteiger partial charge on any atom is 0.246 e. The highest BCUT2D eigenvalue weighted by Crippen LogP contribution is 2.24. The third-order valence-corrected chi connectivity index (χ3v) is 9.78. The highest BCUT2D eigenvalue weighted by atomic mass is 35.5. The van der Waals surface area contributed by atoms with Gasteiger partial charge in [-0.1, -0.05) is 54.1 Å². The first-order valence-corrected chi connectivity index (χ1v) is 17.1. The molecule has 2 fully saturated rings. The summed E-state index contributed by atoms with van der Waals surface area (Å²) in [7, 11) is 0. The van der Waals surface area contributed by atoms with Crippen LogP contribution in [-0.2, 0) is 27.2 Å². The van der Waals surface area contributed by atoms with Crippen LogP contribution in [0.2, 0.25) is 5.02 Å². The van der Waals surface area contributed by atoms with Crippen LogP contribution >= 0.6 is 22.9 Å². The zero-order valence-corrected chi connectivity index (χ0v) is 27.7. The summed E-state index contributed by atoms with van der Waals surface area (Å²) in [6.45, 7) is 1.11. The van der Waals surface area contributed by atoms with Gasteiger partial charge in [0, 0.05) is 42.7 Å². The van der Waals surface area contributed by atoms with Crippen LogP contribution < -0.4 is 11.1 Å². The molecule has 0 radical (unpaired) electrons. The first-order chi connectivity index (χ1) is 22.7. The average Bonchev–Trinajstić information content (AvgIpc) is 3.61. The molecule has 11 nitrogen and oxygen atoms in total. The van der Waals surface area contributed by atoms with Gasteiger partial charge in [0.2, 0.25) is 23.5 Å². The number of piperidine rings is 1. The number of nitrogens with zero attached hydrogens (tertiary/aromatic N) is 4. The number of benzene rings is 2. The Bertz CT molecular complexity index is 1550. The summed E-state index contributed by atoms with van der Waals surface area (Å²) in [5.74, 6) is -1.39. The number of aromatic nitrogens is 1. The molecule has 2 aromatic carbocycles. The lowest BCUT2D eigenvalue weighted by Gasteiger charge is -2.40. The van der Waals surface area contributed by atoms with Gasteiger partial charge in [-0.3, -0.25) is 24.6 Å². The van der Waals surface area contributed by atoms with Crippen molar-refractivity contribution >= 4 is 52.4 Å². The number of likely N-dealkylation sites (tertiary alicyclic amines) is 1. The van der Waals surface area contributed by atoms with E-state index >= 15 is 0 Å². The SMILES string of the molecule is N=C(N)N1CCC[C@@H](C[C@H](NC(=O)CN2C(=O)CN(CCCc3ccccc3)C(=O)[C@@H]2Cc2ccc(Cl)cc2)C(=O)c2nccs2)C1. The lowest BCUT2D eigenvalue weighted by atomic mass is 9.90. The molecule has 13 heteroatoms. The first-order valence-electron chi connectivity index (χ1n) is 15.9. The zero-order valence-electron chi connectivity index (χ0n) is 26.1. The summed E-state index contributed by atoms with van der Waals surface area (Å²) < 4.78 is 0. The number of Topliss-reactive ketones (excluding diaryl/α,β-unsaturated/α-hetero) is 1. The van der Waals surface area contributed by atoms with Crippen molar-refractivity contribution in [3.8, 4) is 0 Å². The normalized spacial score (nSPS) is 19.0. The van der Waals surface area contributed by atoms with Gasteiger partial charge in [0.25, 0.3) is 0 Å². The van der Waals surface area contributed by atoms with Crippen molar-refractivity contribution in [1.82, 2.24) is 25.0 Å². The molecule has 0 bridgehead atoms.